The van der Waals surface area contributed by atoms with E-state index < -0.39 is 0 Å². The highest BCUT2D eigenvalue weighted by molar-refractivity contribution is 9.10. The van der Waals surface area contributed by atoms with Crippen LogP contribution >= 0.6 is 15.9 Å². The number of hydrogen-bond donors (Lipinski definition) is 1. The van der Waals surface area contributed by atoms with Crippen molar-refractivity contribution in [3.8, 4) is 5.75 Å². The summed E-state index contributed by atoms with van der Waals surface area (Å²) < 4.78 is 6.37. The molecule has 94 valence electrons. The van der Waals surface area contributed by atoms with Gasteiger partial charge >= 0.3 is 0 Å². The molecule has 0 amide bonds. The molecule has 2 aromatic carbocycles. The Morgan fingerprint density at radius 1 is 1.11 bits per heavy atom. The summed E-state index contributed by atoms with van der Waals surface area (Å²) in [7, 11) is 1.66. The highest BCUT2D eigenvalue weighted by Gasteiger charge is 2.14. The van der Waals surface area contributed by atoms with Crippen LogP contribution in [-0.4, -0.2) is 7.11 Å². The number of aryl methyl sites for hydroxylation is 1. The van der Waals surface area contributed by atoms with Crippen LogP contribution in [0.4, 0.5) is 0 Å². The van der Waals surface area contributed by atoms with E-state index in [2.05, 4.69) is 47.1 Å². The SMILES string of the molecule is COc1cc(Br)ccc1C(N)c1ccc(C)cc1. The summed E-state index contributed by atoms with van der Waals surface area (Å²) >= 11 is 3.43. The van der Waals surface area contributed by atoms with Gasteiger partial charge in [0.15, 0.2) is 0 Å². The maximum Gasteiger partial charge on any atom is 0.125 e. The van der Waals surface area contributed by atoms with Crippen molar-refractivity contribution in [3.63, 3.8) is 0 Å². The standard InChI is InChI=1S/C15H16BrNO/c1-10-3-5-11(6-4-10)15(17)13-8-7-12(16)9-14(13)18-2/h3-9,15H,17H2,1-2H3. The molecule has 0 saturated heterocycles. The number of halogens is 1. The van der Waals surface area contributed by atoms with E-state index in [0.717, 1.165) is 21.3 Å². The first-order valence-electron chi connectivity index (χ1n) is 5.77. The molecule has 1 unspecified atom stereocenters. The normalized spacial score (nSPS) is 12.2. The molecule has 2 nitrogen and oxygen atoms in total. The van der Waals surface area contributed by atoms with Crippen molar-refractivity contribution in [2.75, 3.05) is 7.11 Å². The van der Waals surface area contributed by atoms with Gasteiger partial charge in [0, 0.05) is 10.0 Å². The van der Waals surface area contributed by atoms with Crippen molar-refractivity contribution in [1.29, 1.82) is 0 Å². The quantitative estimate of drug-likeness (QED) is 0.936. The number of rotatable bonds is 3. The fourth-order valence-corrected chi connectivity index (χ4v) is 2.24. The molecule has 2 aromatic rings. The van der Waals surface area contributed by atoms with Gasteiger partial charge in [0.2, 0.25) is 0 Å². The predicted molar refractivity (Wildman–Crippen MR) is 77.9 cm³/mol. The third kappa shape index (κ3) is 2.74. The van der Waals surface area contributed by atoms with Gasteiger partial charge in [-0.25, -0.2) is 0 Å². The molecule has 0 aromatic heterocycles. The van der Waals surface area contributed by atoms with Crippen LogP contribution in [0.25, 0.3) is 0 Å². The summed E-state index contributed by atoms with van der Waals surface area (Å²) in [5.74, 6) is 0.803. The van der Waals surface area contributed by atoms with Crippen molar-refractivity contribution in [3.05, 3.63) is 63.6 Å². The van der Waals surface area contributed by atoms with E-state index in [1.807, 2.05) is 18.2 Å². The first-order valence-corrected chi connectivity index (χ1v) is 6.56. The molecule has 3 heteroatoms. The Labute approximate surface area is 116 Å². The van der Waals surface area contributed by atoms with E-state index in [1.165, 1.54) is 5.56 Å². The van der Waals surface area contributed by atoms with Crippen molar-refractivity contribution in [2.45, 2.75) is 13.0 Å². The number of methoxy groups -OCH3 is 1. The van der Waals surface area contributed by atoms with Gasteiger partial charge in [0.1, 0.15) is 5.75 Å². The molecular weight excluding hydrogens is 290 g/mol. The lowest BCUT2D eigenvalue weighted by molar-refractivity contribution is 0.407. The molecule has 0 bridgehead atoms. The van der Waals surface area contributed by atoms with Gasteiger partial charge in [-0.3, -0.25) is 0 Å². The molecule has 18 heavy (non-hydrogen) atoms. The summed E-state index contributed by atoms with van der Waals surface area (Å²) in [5, 5.41) is 0. The summed E-state index contributed by atoms with van der Waals surface area (Å²) in [6.45, 7) is 2.06. The first-order chi connectivity index (χ1) is 8.61. The zero-order valence-electron chi connectivity index (χ0n) is 10.5. The van der Waals surface area contributed by atoms with Crippen LogP contribution in [0, 0.1) is 6.92 Å². The Balaban J connectivity index is 2.39. The number of benzene rings is 2. The van der Waals surface area contributed by atoms with E-state index in [4.69, 9.17) is 10.5 Å². The molecule has 0 fully saturated rings. The van der Waals surface area contributed by atoms with Crippen LogP contribution in [0.15, 0.2) is 46.9 Å². The van der Waals surface area contributed by atoms with Gasteiger partial charge in [0.05, 0.1) is 13.2 Å². The molecule has 0 aliphatic heterocycles. The lowest BCUT2D eigenvalue weighted by Gasteiger charge is -2.16. The summed E-state index contributed by atoms with van der Waals surface area (Å²) in [6, 6.07) is 14.0. The second kappa shape index (κ2) is 5.55. The third-order valence-electron chi connectivity index (χ3n) is 2.97. The van der Waals surface area contributed by atoms with Crippen LogP contribution in [-0.2, 0) is 0 Å². The molecule has 0 radical (unpaired) electrons. The Kier molecular flexibility index (Phi) is 4.04. The lowest BCUT2D eigenvalue weighted by atomic mass is 9.98. The lowest BCUT2D eigenvalue weighted by Crippen LogP contribution is -2.13. The van der Waals surface area contributed by atoms with Crippen LogP contribution < -0.4 is 10.5 Å². The molecule has 0 spiro atoms. The molecule has 0 aliphatic rings. The van der Waals surface area contributed by atoms with Crippen molar-refractivity contribution in [2.24, 2.45) is 5.73 Å². The van der Waals surface area contributed by atoms with E-state index in [9.17, 15) is 0 Å². The molecule has 1 atom stereocenters. The van der Waals surface area contributed by atoms with E-state index in [1.54, 1.807) is 7.11 Å². The van der Waals surface area contributed by atoms with Crippen LogP contribution in [0.1, 0.15) is 22.7 Å². The van der Waals surface area contributed by atoms with Crippen LogP contribution in [0.2, 0.25) is 0 Å². The Morgan fingerprint density at radius 2 is 1.78 bits per heavy atom. The maximum absolute atomic E-state index is 6.30. The molecule has 0 saturated carbocycles. The van der Waals surface area contributed by atoms with E-state index in [-0.39, 0.29) is 6.04 Å². The largest absolute Gasteiger partial charge is 0.496 e. The van der Waals surface area contributed by atoms with Crippen molar-refractivity contribution < 1.29 is 4.74 Å². The second-order valence-corrected chi connectivity index (χ2v) is 5.19. The highest BCUT2D eigenvalue weighted by atomic mass is 79.9. The number of hydrogen-bond acceptors (Lipinski definition) is 2. The minimum atomic E-state index is -0.173. The molecule has 2 rings (SSSR count). The minimum Gasteiger partial charge on any atom is -0.496 e. The molecule has 0 aliphatic carbocycles. The van der Waals surface area contributed by atoms with Gasteiger partial charge in [-0.2, -0.15) is 0 Å². The van der Waals surface area contributed by atoms with Gasteiger partial charge in [-0.1, -0.05) is 51.8 Å². The maximum atomic E-state index is 6.30. The van der Waals surface area contributed by atoms with Gasteiger partial charge < -0.3 is 10.5 Å². The predicted octanol–water partition coefficient (Wildman–Crippen LogP) is 3.81. The van der Waals surface area contributed by atoms with Crippen LogP contribution in [0.3, 0.4) is 0 Å². The Morgan fingerprint density at radius 3 is 2.39 bits per heavy atom. The minimum absolute atomic E-state index is 0.173. The number of nitrogens with two attached hydrogens (primary N) is 1. The van der Waals surface area contributed by atoms with E-state index in [0.29, 0.717) is 0 Å². The van der Waals surface area contributed by atoms with Gasteiger partial charge in [-0.15, -0.1) is 0 Å². The summed E-state index contributed by atoms with van der Waals surface area (Å²) in [5.41, 5.74) is 9.60. The number of ether oxygens (including phenoxy) is 1. The molecular formula is C15H16BrNO. The zero-order chi connectivity index (χ0) is 13.1. The topological polar surface area (TPSA) is 35.2 Å². The van der Waals surface area contributed by atoms with E-state index >= 15 is 0 Å². The van der Waals surface area contributed by atoms with Gasteiger partial charge in [-0.05, 0) is 24.6 Å². The van der Waals surface area contributed by atoms with Crippen LogP contribution in [0.5, 0.6) is 5.75 Å². The van der Waals surface area contributed by atoms with Crippen molar-refractivity contribution >= 4 is 15.9 Å². The molecule has 0 heterocycles. The first kappa shape index (κ1) is 13.1. The summed E-state index contributed by atoms with van der Waals surface area (Å²) in [6.07, 6.45) is 0. The summed E-state index contributed by atoms with van der Waals surface area (Å²) in [4.78, 5) is 0. The average Bonchev–Trinajstić information content (AvgIpc) is 2.38. The highest BCUT2D eigenvalue weighted by Crippen LogP contribution is 2.30. The third-order valence-corrected chi connectivity index (χ3v) is 3.46. The zero-order valence-corrected chi connectivity index (χ0v) is 12.1. The monoisotopic (exact) mass is 305 g/mol. The second-order valence-electron chi connectivity index (χ2n) is 4.27. The fourth-order valence-electron chi connectivity index (χ4n) is 1.90. The smallest absolute Gasteiger partial charge is 0.125 e. The fraction of sp³-hybridized carbons (Fsp3) is 0.200. The van der Waals surface area contributed by atoms with Crippen molar-refractivity contribution in [1.82, 2.24) is 0 Å². The Bertz CT molecular complexity index is 537. The van der Waals surface area contributed by atoms with Gasteiger partial charge in [0.25, 0.3) is 0 Å². The molecule has 2 N–H and O–H groups in total. The average molecular weight is 306 g/mol. The Hall–Kier alpha value is -1.32.